The predicted octanol–water partition coefficient (Wildman–Crippen LogP) is 5.55. The van der Waals surface area contributed by atoms with Crippen molar-refractivity contribution in [3.8, 4) is 0 Å². The molecule has 2 N–H and O–H groups in total. The molecule has 0 radical (unpaired) electrons. The highest BCUT2D eigenvalue weighted by molar-refractivity contribution is 8.00. The molecule has 1 fully saturated rings. The second-order valence-corrected chi connectivity index (χ2v) is 10.1. The molecule has 2 aliphatic heterocycles. The number of nitrogens with one attached hydrogen (secondary N) is 1. The van der Waals surface area contributed by atoms with Crippen LogP contribution in [0.2, 0.25) is 0 Å². The van der Waals surface area contributed by atoms with Gasteiger partial charge in [-0.3, -0.25) is 4.79 Å². The van der Waals surface area contributed by atoms with Crippen LogP contribution in [0.1, 0.15) is 43.5 Å². The molecule has 2 heterocycles. The fraction of sp³-hybridized carbons (Fsp3) is 0.391. The number of anilines is 1. The molecule has 5 nitrogen and oxygen atoms in total. The average molecular weight is 443 g/mol. The number of piperidine rings is 1. The van der Waals surface area contributed by atoms with E-state index in [0.29, 0.717) is 17.2 Å². The van der Waals surface area contributed by atoms with E-state index in [-0.39, 0.29) is 11.9 Å². The van der Waals surface area contributed by atoms with Gasteiger partial charge in [0.05, 0.1) is 4.90 Å². The zero-order valence-electron chi connectivity index (χ0n) is 17.4. The topological polar surface area (TPSA) is 55.6 Å². The molecule has 0 atom stereocenters. The Kier molecular flexibility index (Phi) is 6.71. The lowest BCUT2D eigenvalue weighted by Gasteiger charge is -2.25. The fourth-order valence-electron chi connectivity index (χ4n) is 3.80. The number of hydrogen-bond donors (Lipinski definition) is 2. The van der Waals surface area contributed by atoms with Crippen LogP contribution < -0.4 is 5.32 Å². The van der Waals surface area contributed by atoms with Gasteiger partial charge in [0.1, 0.15) is 5.75 Å². The molecule has 0 aromatic heterocycles. The van der Waals surface area contributed by atoms with Crippen LogP contribution >= 0.6 is 23.7 Å². The van der Waals surface area contributed by atoms with Crippen molar-refractivity contribution in [3.63, 3.8) is 0 Å². The fourth-order valence-corrected chi connectivity index (χ4v) is 5.69. The molecule has 1 saturated heterocycles. The standard InChI is InChI=1S/C23H27N3O2S2/c1-16(2)26-20-14-17(6-11-21(20)29-15-22(26)27)23(28)24-18-7-9-19(10-8-18)30-25-12-4-3-5-13-25/h6-11,14,16H,3-5,12-13,15H2,1-2H3,(H,24,28)/p+1. The summed E-state index contributed by atoms with van der Waals surface area (Å²) in [7, 11) is 0. The number of rotatable bonds is 5. The van der Waals surface area contributed by atoms with Crippen molar-refractivity contribution < 1.29 is 14.5 Å². The van der Waals surface area contributed by atoms with E-state index < -0.39 is 0 Å². The van der Waals surface area contributed by atoms with Crippen LogP contribution in [0.5, 0.6) is 0 Å². The molecule has 0 spiro atoms. The number of aliphatic hydroxyl groups is 1. The van der Waals surface area contributed by atoms with Gasteiger partial charge in [-0.25, -0.2) is 4.31 Å². The molecule has 1 amide bonds. The Labute approximate surface area is 186 Å². The van der Waals surface area contributed by atoms with Crippen LogP contribution in [-0.2, 0) is 0 Å². The monoisotopic (exact) mass is 442 g/mol. The van der Waals surface area contributed by atoms with Crippen LogP contribution in [0.4, 0.5) is 11.4 Å². The minimum atomic E-state index is -0.145. The summed E-state index contributed by atoms with van der Waals surface area (Å²) in [4.78, 5) is 15.1. The second kappa shape index (κ2) is 9.45. The summed E-state index contributed by atoms with van der Waals surface area (Å²) in [5, 5.41) is 13.3. The van der Waals surface area contributed by atoms with Gasteiger partial charge in [0, 0.05) is 35.3 Å². The van der Waals surface area contributed by atoms with E-state index in [4.69, 9.17) is 0 Å². The lowest BCUT2D eigenvalue weighted by Crippen LogP contribution is -2.28. The summed E-state index contributed by atoms with van der Waals surface area (Å²) < 4.78 is 4.31. The van der Waals surface area contributed by atoms with Crippen LogP contribution in [0.15, 0.2) is 52.3 Å². The molecule has 7 heteroatoms. The third-order valence-corrected chi connectivity index (χ3v) is 7.46. The van der Waals surface area contributed by atoms with E-state index in [1.165, 1.54) is 24.2 Å². The van der Waals surface area contributed by atoms with E-state index in [0.717, 1.165) is 29.4 Å². The SMILES string of the molecule is CC(C)[N+]1=C(O)CSc2ccc(C(=O)Nc3ccc(SN4CCCCC4)cc3)cc21. The van der Waals surface area contributed by atoms with Gasteiger partial charge in [-0.15, -0.1) is 11.8 Å². The third kappa shape index (κ3) is 4.85. The number of carbonyl (C=O) groups excluding carboxylic acids is 1. The van der Waals surface area contributed by atoms with Gasteiger partial charge in [-0.1, -0.05) is 6.42 Å². The summed E-state index contributed by atoms with van der Waals surface area (Å²) >= 11 is 3.39. The van der Waals surface area contributed by atoms with Crippen molar-refractivity contribution in [3.05, 3.63) is 48.0 Å². The average Bonchev–Trinajstić information content (AvgIpc) is 2.75. The number of aliphatic hydroxyl groups excluding tert-OH is 1. The first-order chi connectivity index (χ1) is 14.5. The second-order valence-electron chi connectivity index (χ2n) is 7.91. The molecule has 0 unspecified atom stereocenters. The summed E-state index contributed by atoms with van der Waals surface area (Å²) in [5.41, 5.74) is 2.26. The van der Waals surface area contributed by atoms with Crippen molar-refractivity contribution in [2.75, 3.05) is 24.2 Å². The Morgan fingerprint density at radius 2 is 1.87 bits per heavy atom. The highest BCUT2D eigenvalue weighted by Gasteiger charge is 2.30. The molecule has 0 bridgehead atoms. The number of amides is 1. The van der Waals surface area contributed by atoms with Gasteiger partial charge in [0.2, 0.25) is 5.69 Å². The van der Waals surface area contributed by atoms with Crippen molar-refractivity contribution in [1.29, 1.82) is 0 Å². The molecular weight excluding hydrogens is 414 g/mol. The maximum atomic E-state index is 12.8. The number of thioether (sulfide) groups is 1. The van der Waals surface area contributed by atoms with Gasteiger partial charge in [0.25, 0.3) is 5.91 Å². The van der Waals surface area contributed by atoms with Crippen molar-refractivity contribution in [2.24, 2.45) is 0 Å². The Morgan fingerprint density at radius 3 is 2.57 bits per heavy atom. The molecule has 2 aromatic rings. The lowest BCUT2D eigenvalue weighted by molar-refractivity contribution is -0.487. The number of nitrogens with zero attached hydrogens (tertiary/aromatic N) is 2. The minimum Gasteiger partial charge on any atom is -0.463 e. The van der Waals surface area contributed by atoms with Crippen LogP contribution in [0, 0.1) is 0 Å². The van der Waals surface area contributed by atoms with Gasteiger partial charge in [-0.2, -0.15) is 4.58 Å². The molecule has 4 rings (SSSR count). The van der Waals surface area contributed by atoms with Crippen molar-refractivity contribution >= 4 is 46.9 Å². The largest absolute Gasteiger partial charge is 0.463 e. The third-order valence-electron chi connectivity index (χ3n) is 5.29. The van der Waals surface area contributed by atoms with Crippen LogP contribution in [0.25, 0.3) is 0 Å². The minimum absolute atomic E-state index is 0.118. The van der Waals surface area contributed by atoms with Gasteiger partial charge in [0.15, 0.2) is 6.04 Å². The zero-order valence-corrected chi connectivity index (χ0v) is 19.1. The summed E-state index contributed by atoms with van der Waals surface area (Å²) in [5.74, 6) is 0.744. The smallest absolute Gasteiger partial charge is 0.350 e. The molecular formula is C23H28N3O2S2+. The summed E-state index contributed by atoms with van der Waals surface area (Å²) in [6, 6.07) is 13.8. The highest BCUT2D eigenvalue weighted by atomic mass is 32.2. The van der Waals surface area contributed by atoms with E-state index in [1.54, 1.807) is 23.7 Å². The Bertz CT molecular complexity index is 951. The predicted molar refractivity (Wildman–Crippen MR) is 126 cm³/mol. The van der Waals surface area contributed by atoms with E-state index in [2.05, 4.69) is 21.8 Å². The van der Waals surface area contributed by atoms with E-state index in [9.17, 15) is 9.90 Å². The lowest BCUT2D eigenvalue weighted by atomic mass is 10.1. The van der Waals surface area contributed by atoms with E-state index >= 15 is 0 Å². The van der Waals surface area contributed by atoms with Gasteiger partial charge in [-0.05, 0) is 75.0 Å². The maximum Gasteiger partial charge on any atom is 0.350 e. The van der Waals surface area contributed by atoms with Gasteiger partial charge < -0.3 is 10.4 Å². The Hall–Kier alpha value is -1.96. The van der Waals surface area contributed by atoms with E-state index in [1.807, 2.05) is 48.8 Å². The highest BCUT2D eigenvalue weighted by Crippen LogP contribution is 2.35. The first-order valence-electron chi connectivity index (χ1n) is 10.5. The number of benzene rings is 2. The molecule has 2 aliphatic rings. The number of hydrogen-bond acceptors (Lipinski definition) is 4. The number of fused-ring (bicyclic) bond motifs is 1. The molecule has 0 aliphatic carbocycles. The molecule has 30 heavy (non-hydrogen) atoms. The zero-order chi connectivity index (χ0) is 21.1. The molecule has 158 valence electrons. The quantitative estimate of drug-likeness (QED) is 0.470. The molecule has 0 saturated carbocycles. The first-order valence-corrected chi connectivity index (χ1v) is 12.2. The molecule has 2 aromatic carbocycles. The van der Waals surface area contributed by atoms with Crippen molar-refractivity contribution in [2.45, 2.75) is 48.9 Å². The first kappa shape index (κ1) is 21.3. The number of carbonyl (C=O) groups is 1. The van der Waals surface area contributed by atoms with Crippen LogP contribution in [0.3, 0.4) is 0 Å². The Balaban J connectivity index is 1.45. The normalized spacial score (nSPS) is 17.2. The summed E-state index contributed by atoms with van der Waals surface area (Å²) in [6.45, 7) is 6.35. The maximum absolute atomic E-state index is 12.8. The summed E-state index contributed by atoms with van der Waals surface area (Å²) in [6.07, 6.45) is 3.87. The van der Waals surface area contributed by atoms with Crippen LogP contribution in [-0.4, -0.2) is 50.7 Å². The van der Waals surface area contributed by atoms with Gasteiger partial charge >= 0.3 is 5.90 Å². The Morgan fingerprint density at radius 1 is 1.13 bits per heavy atom. The van der Waals surface area contributed by atoms with Crippen molar-refractivity contribution in [1.82, 2.24) is 4.31 Å².